The van der Waals surface area contributed by atoms with Crippen LogP contribution in [0.2, 0.25) is 0 Å². The molecule has 0 bridgehead atoms. The molecule has 124 valence electrons. The third-order valence-electron chi connectivity index (χ3n) is 4.20. The zero-order chi connectivity index (χ0) is 16.8. The Labute approximate surface area is 137 Å². The maximum Gasteiger partial charge on any atom is 0.228 e. The van der Waals surface area contributed by atoms with Gasteiger partial charge in [-0.05, 0) is 12.5 Å². The van der Waals surface area contributed by atoms with Gasteiger partial charge in [-0.15, -0.1) is 6.58 Å². The Hall–Kier alpha value is -2.14. The van der Waals surface area contributed by atoms with Gasteiger partial charge in [0.15, 0.2) is 0 Å². The highest BCUT2D eigenvalue weighted by Crippen LogP contribution is 2.30. The number of benzene rings is 1. The van der Waals surface area contributed by atoms with E-state index < -0.39 is 0 Å². The van der Waals surface area contributed by atoms with Crippen LogP contribution in [0.3, 0.4) is 0 Å². The van der Waals surface area contributed by atoms with Crippen molar-refractivity contribution in [3.8, 4) is 0 Å². The van der Waals surface area contributed by atoms with E-state index >= 15 is 0 Å². The predicted octanol–water partition coefficient (Wildman–Crippen LogP) is 2.54. The summed E-state index contributed by atoms with van der Waals surface area (Å²) in [6.45, 7) is 4.51. The van der Waals surface area contributed by atoms with Gasteiger partial charge in [0.05, 0.1) is 6.54 Å². The fraction of sp³-hybridized carbons (Fsp3) is 0.444. The minimum Gasteiger partial charge on any atom is -0.375 e. The van der Waals surface area contributed by atoms with E-state index in [1.54, 1.807) is 30.0 Å². The molecule has 1 aliphatic heterocycles. The second kappa shape index (κ2) is 7.92. The van der Waals surface area contributed by atoms with Gasteiger partial charge in [-0.1, -0.05) is 24.3 Å². The average Bonchev–Trinajstić information content (AvgIpc) is 2.63. The van der Waals surface area contributed by atoms with Crippen LogP contribution in [0.1, 0.15) is 30.9 Å². The quantitative estimate of drug-likeness (QED) is 0.802. The Morgan fingerprint density at radius 2 is 2.17 bits per heavy atom. The summed E-state index contributed by atoms with van der Waals surface area (Å²) >= 11 is 0. The zero-order valence-electron chi connectivity index (χ0n) is 13.8. The smallest absolute Gasteiger partial charge is 0.228 e. The zero-order valence-corrected chi connectivity index (χ0v) is 13.8. The number of rotatable bonds is 4. The van der Waals surface area contributed by atoms with Gasteiger partial charge in [-0.3, -0.25) is 9.59 Å². The van der Waals surface area contributed by atoms with Crippen LogP contribution in [0.5, 0.6) is 0 Å². The van der Waals surface area contributed by atoms with Crippen molar-refractivity contribution < 1.29 is 14.3 Å². The molecule has 1 heterocycles. The normalized spacial score (nSPS) is 18.7. The maximum atomic E-state index is 12.4. The third kappa shape index (κ3) is 3.99. The number of hydrogen-bond acceptors (Lipinski definition) is 3. The number of allylic oxidation sites excluding steroid dienone is 1. The molecule has 0 N–H and O–H groups in total. The number of anilines is 1. The number of fused-ring (bicyclic) bond motifs is 1. The maximum absolute atomic E-state index is 12.4. The molecule has 5 nitrogen and oxygen atoms in total. The summed E-state index contributed by atoms with van der Waals surface area (Å²) in [6.07, 6.45) is 2.83. The number of para-hydroxylation sites is 1. The van der Waals surface area contributed by atoms with Crippen molar-refractivity contribution in [2.24, 2.45) is 0 Å². The summed E-state index contributed by atoms with van der Waals surface area (Å²) < 4.78 is 5.63. The van der Waals surface area contributed by atoms with Crippen molar-refractivity contribution in [1.29, 1.82) is 0 Å². The summed E-state index contributed by atoms with van der Waals surface area (Å²) in [5, 5.41) is 0. The van der Waals surface area contributed by atoms with E-state index in [2.05, 4.69) is 6.58 Å². The summed E-state index contributed by atoms with van der Waals surface area (Å²) in [5.74, 6) is 0.0255. The third-order valence-corrected chi connectivity index (χ3v) is 4.20. The second-order valence-electron chi connectivity index (χ2n) is 5.65. The van der Waals surface area contributed by atoms with Gasteiger partial charge < -0.3 is 14.5 Å². The van der Waals surface area contributed by atoms with Crippen LogP contribution in [-0.2, 0) is 14.3 Å². The lowest BCUT2D eigenvalue weighted by atomic mass is 10.1. The number of carbonyl (C=O) groups is 2. The van der Waals surface area contributed by atoms with Crippen molar-refractivity contribution >= 4 is 17.5 Å². The molecule has 0 aromatic heterocycles. The number of methoxy groups -OCH3 is 1. The highest BCUT2D eigenvalue weighted by molar-refractivity contribution is 5.94. The molecule has 5 heteroatoms. The Morgan fingerprint density at radius 1 is 1.43 bits per heavy atom. The summed E-state index contributed by atoms with van der Waals surface area (Å²) in [6, 6.07) is 7.69. The molecule has 1 aromatic carbocycles. The van der Waals surface area contributed by atoms with Gasteiger partial charge in [-0.2, -0.15) is 0 Å². The van der Waals surface area contributed by atoms with Gasteiger partial charge >= 0.3 is 0 Å². The number of amides is 2. The molecule has 2 rings (SSSR count). The SMILES string of the molecule is C=CCCC(=O)N1CCC(=O)N(C)c2ccccc2C(OC)C1. The van der Waals surface area contributed by atoms with E-state index in [0.717, 1.165) is 11.3 Å². The van der Waals surface area contributed by atoms with Crippen LogP contribution in [0.25, 0.3) is 0 Å². The van der Waals surface area contributed by atoms with Crippen LogP contribution in [-0.4, -0.2) is 44.0 Å². The van der Waals surface area contributed by atoms with Gasteiger partial charge in [-0.25, -0.2) is 0 Å². The molecule has 23 heavy (non-hydrogen) atoms. The van der Waals surface area contributed by atoms with Crippen LogP contribution in [0.4, 0.5) is 5.69 Å². The Morgan fingerprint density at radius 3 is 2.87 bits per heavy atom. The Balaban J connectivity index is 2.33. The van der Waals surface area contributed by atoms with Crippen LogP contribution >= 0.6 is 0 Å². The number of hydrogen-bond donors (Lipinski definition) is 0. The lowest BCUT2D eigenvalue weighted by Crippen LogP contribution is -2.36. The predicted molar refractivity (Wildman–Crippen MR) is 90.2 cm³/mol. The first-order chi connectivity index (χ1) is 11.1. The molecule has 1 aliphatic rings. The molecule has 2 amide bonds. The first-order valence-electron chi connectivity index (χ1n) is 7.85. The second-order valence-corrected chi connectivity index (χ2v) is 5.65. The van der Waals surface area contributed by atoms with E-state index in [0.29, 0.717) is 32.4 Å². The van der Waals surface area contributed by atoms with Gasteiger partial charge in [0.2, 0.25) is 11.8 Å². The average molecular weight is 316 g/mol. The molecule has 0 saturated heterocycles. The van der Waals surface area contributed by atoms with Crippen LogP contribution in [0.15, 0.2) is 36.9 Å². The van der Waals surface area contributed by atoms with E-state index in [-0.39, 0.29) is 17.9 Å². The summed E-state index contributed by atoms with van der Waals surface area (Å²) in [5.41, 5.74) is 1.76. The molecule has 0 aliphatic carbocycles. The highest BCUT2D eigenvalue weighted by atomic mass is 16.5. The molecule has 1 atom stereocenters. The number of nitrogens with zero attached hydrogens (tertiary/aromatic N) is 2. The minimum atomic E-state index is -0.257. The fourth-order valence-electron chi connectivity index (χ4n) is 2.80. The lowest BCUT2D eigenvalue weighted by molar-refractivity contribution is -0.133. The van der Waals surface area contributed by atoms with Crippen LogP contribution in [0, 0.1) is 0 Å². The van der Waals surface area contributed by atoms with Gasteiger partial charge in [0, 0.05) is 44.8 Å². The van der Waals surface area contributed by atoms with E-state index in [9.17, 15) is 9.59 Å². The largest absolute Gasteiger partial charge is 0.375 e. The molecule has 0 spiro atoms. The van der Waals surface area contributed by atoms with Gasteiger partial charge in [0.25, 0.3) is 0 Å². The molecule has 0 radical (unpaired) electrons. The Bertz CT molecular complexity index is 585. The van der Waals surface area contributed by atoms with Crippen molar-refractivity contribution in [3.63, 3.8) is 0 Å². The van der Waals surface area contributed by atoms with E-state index in [1.807, 2.05) is 24.3 Å². The fourth-order valence-corrected chi connectivity index (χ4v) is 2.80. The molecule has 1 unspecified atom stereocenters. The standard InChI is InChI=1S/C18H24N2O3/c1-4-5-10-18(22)20-12-11-17(21)19(2)15-9-7-6-8-14(15)16(13-20)23-3/h4,6-9,16H,1,5,10-13H2,2-3H3. The van der Waals surface area contributed by atoms with Crippen molar-refractivity contribution in [2.45, 2.75) is 25.4 Å². The van der Waals surface area contributed by atoms with E-state index in [1.165, 1.54) is 0 Å². The first-order valence-corrected chi connectivity index (χ1v) is 7.85. The topological polar surface area (TPSA) is 49.9 Å². The van der Waals surface area contributed by atoms with Crippen molar-refractivity contribution in [3.05, 3.63) is 42.5 Å². The van der Waals surface area contributed by atoms with Crippen molar-refractivity contribution in [2.75, 3.05) is 32.1 Å². The summed E-state index contributed by atoms with van der Waals surface area (Å²) in [4.78, 5) is 28.2. The summed E-state index contributed by atoms with van der Waals surface area (Å²) in [7, 11) is 3.40. The highest BCUT2D eigenvalue weighted by Gasteiger charge is 2.27. The minimum absolute atomic E-state index is 0.00396. The van der Waals surface area contributed by atoms with E-state index in [4.69, 9.17) is 4.74 Å². The molecule has 0 fully saturated rings. The van der Waals surface area contributed by atoms with Gasteiger partial charge in [0.1, 0.15) is 6.10 Å². The van der Waals surface area contributed by atoms with Crippen LogP contribution < -0.4 is 4.90 Å². The molecule has 0 saturated carbocycles. The monoisotopic (exact) mass is 316 g/mol. The molecular formula is C18H24N2O3. The molecular weight excluding hydrogens is 292 g/mol. The van der Waals surface area contributed by atoms with Crippen molar-refractivity contribution in [1.82, 2.24) is 4.90 Å². The Kier molecular flexibility index (Phi) is 5.93. The number of carbonyl (C=O) groups excluding carboxylic acids is 2. The lowest BCUT2D eigenvalue weighted by Gasteiger charge is -2.27. The molecule has 1 aromatic rings. The first kappa shape index (κ1) is 17.2. The number of ether oxygens (including phenoxy) is 1.